The van der Waals surface area contributed by atoms with Gasteiger partial charge in [-0.2, -0.15) is 0 Å². The molecule has 2 N–H and O–H groups in total. The number of halogens is 1. The van der Waals surface area contributed by atoms with E-state index in [-0.39, 0.29) is 12.6 Å². The van der Waals surface area contributed by atoms with Crippen molar-refractivity contribution in [2.75, 3.05) is 20.3 Å². The Balaban J connectivity index is 2.36. The summed E-state index contributed by atoms with van der Waals surface area (Å²) < 4.78 is 6.21. The minimum atomic E-state index is 0.187. The van der Waals surface area contributed by atoms with Gasteiger partial charge in [-0.25, -0.2) is 0 Å². The second-order valence-corrected chi connectivity index (χ2v) is 5.09. The molecule has 1 unspecified atom stereocenters. The maximum atomic E-state index is 8.87. The third kappa shape index (κ3) is 4.61. The molecule has 0 bridgehead atoms. The van der Waals surface area contributed by atoms with Crippen LogP contribution in [-0.2, 0) is 11.3 Å². The zero-order valence-electron chi connectivity index (χ0n) is 8.70. The standard InChI is InChI=1S/C10H16BrNO2S/c1-14-7-8(2-4-13)12-6-10-9(11)3-5-15-10/h3,5,8,12-13H,2,4,6-7H2,1H3. The van der Waals surface area contributed by atoms with Crippen LogP contribution >= 0.6 is 27.3 Å². The lowest BCUT2D eigenvalue weighted by Gasteiger charge is -2.16. The second kappa shape index (κ2) is 7.35. The van der Waals surface area contributed by atoms with E-state index >= 15 is 0 Å². The molecule has 5 heteroatoms. The minimum absolute atomic E-state index is 0.187. The number of hydrogen-bond acceptors (Lipinski definition) is 4. The highest BCUT2D eigenvalue weighted by Gasteiger charge is 2.08. The lowest BCUT2D eigenvalue weighted by molar-refractivity contribution is 0.148. The first-order valence-electron chi connectivity index (χ1n) is 4.83. The number of ether oxygens (including phenoxy) is 1. The van der Waals surface area contributed by atoms with E-state index in [1.807, 2.05) is 6.07 Å². The molecule has 1 heterocycles. The van der Waals surface area contributed by atoms with Crippen LogP contribution in [0.4, 0.5) is 0 Å². The number of aliphatic hydroxyl groups excluding tert-OH is 1. The summed E-state index contributed by atoms with van der Waals surface area (Å²) in [7, 11) is 1.67. The van der Waals surface area contributed by atoms with Gasteiger partial charge in [-0.05, 0) is 33.8 Å². The van der Waals surface area contributed by atoms with Crippen molar-refractivity contribution in [1.82, 2.24) is 5.32 Å². The molecular formula is C10H16BrNO2S. The second-order valence-electron chi connectivity index (χ2n) is 3.24. The topological polar surface area (TPSA) is 41.5 Å². The van der Waals surface area contributed by atoms with E-state index in [2.05, 4.69) is 26.6 Å². The molecule has 0 amide bonds. The Morgan fingerprint density at radius 3 is 3.00 bits per heavy atom. The molecule has 86 valence electrons. The largest absolute Gasteiger partial charge is 0.396 e. The van der Waals surface area contributed by atoms with Gasteiger partial charge in [0.15, 0.2) is 0 Å². The van der Waals surface area contributed by atoms with Crippen molar-refractivity contribution < 1.29 is 9.84 Å². The van der Waals surface area contributed by atoms with Gasteiger partial charge in [-0.3, -0.25) is 0 Å². The molecule has 0 fully saturated rings. The highest BCUT2D eigenvalue weighted by atomic mass is 79.9. The molecule has 0 saturated carbocycles. The summed E-state index contributed by atoms with van der Waals surface area (Å²) in [6, 6.07) is 2.26. The molecule has 3 nitrogen and oxygen atoms in total. The van der Waals surface area contributed by atoms with Crippen molar-refractivity contribution in [3.63, 3.8) is 0 Å². The molecule has 0 aliphatic rings. The molecule has 1 aromatic rings. The maximum Gasteiger partial charge on any atom is 0.0616 e. The van der Waals surface area contributed by atoms with E-state index in [9.17, 15) is 0 Å². The summed E-state index contributed by atoms with van der Waals surface area (Å²) in [5, 5.41) is 14.3. The first kappa shape index (κ1) is 13.1. The number of hydrogen-bond donors (Lipinski definition) is 2. The van der Waals surface area contributed by atoms with E-state index in [1.165, 1.54) is 4.88 Å². The molecule has 0 spiro atoms. The quantitative estimate of drug-likeness (QED) is 0.808. The van der Waals surface area contributed by atoms with Gasteiger partial charge < -0.3 is 15.2 Å². The Labute approximate surface area is 103 Å². The molecule has 0 aliphatic heterocycles. The van der Waals surface area contributed by atoms with Crippen molar-refractivity contribution >= 4 is 27.3 Å². The summed E-state index contributed by atoms with van der Waals surface area (Å²) >= 11 is 5.20. The van der Waals surface area contributed by atoms with Crippen LogP contribution in [0.1, 0.15) is 11.3 Å². The lowest BCUT2D eigenvalue weighted by atomic mass is 10.2. The first-order valence-corrected chi connectivity index (χ1v) is 6.50. The van der Waals surface area contributed by atoms with Gasteiger partial charge in [0.1, 0.15) is 0 Å². The van der Waals surface area contributed by atoms with Gasteiger partial charge in [-0.15, -0.1) is 11.3 Å². The number of rotatable bonds is 7. The number of thiophene rings is 1. The summed E-state index contributed by atoms with van der Waals surface area (Å²) in [5.41, 5.74) is 0. The maximum absolute atomic E-state index is 8.87. The fraction of sp³-hybridized carbons (Fsp3) is 0.600. The summed E-state index contributed by atoms with van der Waals surface area (Å²) in [6.45, 7) is 1.63. The SMILES string of the molecule is COCC(CCO)NCc1sccc1Br. The summed E-state index contributed by atoms with van der Waals surface area (Å²) in [6.07, 6.45) is 0.719. The highest BCUT2D eigenvalue weighted by molar-refractivity contribution is 9.10. The van der Waals surface area contributed by atoms with Crippen LogP contribution in [0.25, 0.3) is 0 Å². The Morgan fingerprint density at radius 1 is 1.67 bits per heavy atom. The number of aliphatic hydroxyl groups is 1. The number of methoxy groups -OCH3 is 1. The zero-order valence-corrected chi connectivity index (χ0v) is 11.1. The fourth-order valence-corrected chi connectivity index (χ4v) is 2.73. The van der Waals surface area contributed by atoms with Gasteiger partial charge in [0, 0.05) is 35.7 Å². The predicted molar refractivity (Wildman–Crippen MR) is 66.2 cm³/mol. The summed E-state index contributed by atoms with van der Waals surface area (Å²) in [5.74, 6) is 0. The first-order chi connectivity index (χ1) is 7.27. The Morgan fingerprint density at radius 2 is 2.47 bits per heavy atom. The van der Waals surface area contributed by atoms with Crippen LogP contribution in [-0.4, -0.2) is 31.5 Å². The van der Waals surface area contributed by atoms with E-state index in [0.717, 1.165) is 17.4 Å². The van der Waals surface area contributed by atoms with Crippen LogP contribution in [0.2, 0.25) is 0 Å². The average Bonchev–Trinajstić information content (AvgIpc) is 2.61. The van der Waals surface area contributed by atoms with E-state index in [4.69, 9.17) is 9.84 Å². The molecule has 1 rings (SSSR count). The molecule has 15 heavy (non-hydrogen) atoms. The van der Waals surface area contributed by atoms with Crippen LogP contribution in [0.15, 0.2) is 15.9 Å². The molecule has 0 aliphatic carbocycles. The molecule has 0 saturated heterocycles. The monoisotopic (exact) mass is 293 g/mol. The zero-order chi connectivity index (χ0) is 11.1. The molecular weight excluding hydrogens is 278 g/mol. The van der Waals surface area contributed by atoms with Crippen molar-refractivity contribution in [1.29, 1.82) is 0 Å². The van der Waals surface area contributed by atoms with Crippen LogP contribution in [0.5, 0.6) is 0 Å². The van der Waals surface area contributed by atoms with Gasteiger partial charge in [0.05, 0.1) is 6.61 Å². The van der Waals surface area contributed by atoms with Crippen molar-refractivity contribution in [2.24, 2.45) is 0 Å². The molecule has 0 radical (unpaired) electrons. The van der Waals surface area contributed by atoms with Crippen LogP contribution < -0.4 is 5.32 Å². The highest BCUT2D eigenvalue weighted by Crippen LogP contribution is 2.22. The van der Waals surface area contributed by atoms with Gasteiger partial charge in [-0.1, -0.05) is 0 Å². The van der Waals surface area contributed by atoms with Crippen molar-refractivity contribution in [3.05, 3.63) is 20.8 Å². The van der Waals surface area contributed by atoms with Crippen LogP contribution in [0, 0.1) is 0 Å². The van der Waals surface area contributed by atoms with E-state index < -0.39 is 0 Å². The van der Waals surface area contributed by atoms with Crippen molar-refractivity contribution in [2.45, 2.75) is 19.0 Å². The Kier molecular flexibility index (Phi) is 6.43. The third-order valence-corrected chi connectivity index (χ3v) is 4.01. The van der Waals surface area contributed by atoms with Gasteiger partial charge in [0.25, 0.3) is 0 Å². The fourth-order valence-electron chi connectivity index (χ4n) is 1.29. The average molecular weight is 294 g/mol. The summed E-state index contributed by atoms with van der Waals surface area (Å²) in [4.78, 5) is 1.27. The minimum Gasteiger partial charge on any atom is -0.396 e. The predicted octanol–water partition coefficient (Wildman–Crippen LogP) is 2.00. The molecule has 1 aromatic heterocycles. The van der Waals surface area contributed by atoms with Crippen molar-refractivity contribution in [3.8, 4) is 0 Å². The normalized spacial score (nSPS) is 13.0. The molecule has 1 atom stereocenters. The Bertz CT molecular complexity index is 274. The Hall–Kier alpha value is 0.0600. The number of nitrogens with one attached hydrogen (secondary N) is 1. The smallest absolute Gasteiger partial charge is 0.0616 e. The van der Waals surface area contributed by atoms with Gasteiger partial charge in [0.2, 0.25) is 0 Å². The van der Waals surface area contributed by atoms with Crippen LogP contribution in [0.3, 0.4) is 0 Å². The van der Waals surface area contributed by atoms with E-state index in [1.54, 1.807) is 18.4 Å². The third-order valence-electron chi connectivity index (χ3n) is 2.09. The lowest BCUT2D eigenvalue weighted by Crippen LogP contribution is -2.33. The molecule has 0 aromatic carbocycles. The van der Waals surface area contributed by atoms with E-state index in [0.29, 0.717) is 6.61 Å². The van der Waals surface area contributed by atoms with Gasteiger partial charge >= 0.3 is 0 Å².